The largest absolute Gasteiger partial charge is 0.363 e. The summed E-state index contributed by atoms with van der Waals surface area (Å²) in [5.74, 6) is 0.961. The highest BCUT2D eigenvalue weighted by Gasteiger charge is 2.15. The second kappa shape index (κ2) is 2.12. The van der Waals surface area contributed by atoms with Gasteiger partial charge in [-0.3, -0.25) is 0 Å². The first-order chi connectivity index (χ1) is 5.25. The van der Waals surface area contributed by atoms with Gasteiger partial charge in [-0.15, -0.1) is 0 Å². The van der Waals surface area contributed by atoms with Gasteiger partial charge in [-0.1, -0.05) is 0 Å². The third kappa shape index (κ3) is 1.02. The minimum absolute atomic E-state index is 0.305. The van der Waals surface area contributed by atoms with Gasteiger partial charge < -0.3 is 10.6 Å². The van der Waals surface area contributed by atoms with Gasteiger partial charge in [-0.05, 0) is 25.5 Å². The fourth-order valence-electron chi connectivity index (χ4n) is 1.27. The fraction of sp³-hybridized carbons (Fsp3) is 0.375. The molecule has 0 saturated heterocycles. The number of nitrogens with one attached hydrogen (secondary N) is 2. The normalized spacial score (nSPS) is 20.4. The summed E-state index contributed by atoms with van der Waals surface area (Å²) in [4.78, 5) is 4.24. The summed E-state index contributed by atoms with van der Waals surface area (Å²) in [6, 6.07) is 2.10. The summed E-state index contributed by atoms with van der Waals surface area (Å²) < 4.78 is 0. The summed E-state index contributed by atoms with van der Waals surface area (Å²) in [6.07, 6.45) is 2.17. The van der Waals surface area contributed by atoms with E-state index < -0.39 is 0 Å². The second-order valence-corrected chi connectivity index (χ2v) is 2.92. The van der Waals surface area contributed by atoms with Crippen molar-refractivity contribution in [3.63, 3.8) is 0 Å². The zero-order valence-electron chi connectivity index (χ0n) is 6.68. The molecule has 0 aliphatic carbocycles. The average molecular weight is 149 g/mol. The highest BCUT2D eigenvalue weighted by atomic mass is 15.2. The number of fused-ring (bicyclic) bond motifs is 1. The van der Waals surface area contributed by atoms with Gasteiger partial charge >= 0.3 is 0 Å². The highest BCUT2D eigenvalue weighted by Crippen LogP contribution is 2.26. The van der Waals surface area contributed by atoms with E-state index in [0.29, 0.717) is 6.17 Å². The molecule has 2 heterocycles. The van der Waals surface area contributed by atoms with Crippen molar-refractivity contribution in [2.24, 2.45) is 0 Å². The molecule has 0 aromatic carbocycles. The topological polar surface area (TPSA) is 37.0 Å². The summed E-state index contributed by atoms with van der Waals surface area (Å²) in [6.45, 7) is 4.11. The van der Waals surface area contributed by atoms with E-state index in [1.807, 2.05) is 13.1 Å². The number of hydrogen-bond acceptors (Lipinski definition) is 3. The van der Waals surface area contributed by atoms with Gasteiger partial charge in [0.2, 0.25) is 0 Å². The monoisotopic (exact) mass is 149 g/mol. The molecule has 1 aromatic heterocycles. The molecule has 2 rings (SSSR count). The van der Waals surface area contributed by atoms with Crippen LogP contribution in [0.3, 0.4) is 0 Å². The van der Waals surface area contributed by atoms with Crippen LogP contribution in [0.2, 0.25) is 0 Å². The molecule has 1 atom stereocenters. The van der Waals surface area contributed by atoms with Gasteiger partial charge in [0.05, 0.1) is 11.9 Å². The van der Waals surface area contributed by atoms with Gasteiger partial charge in [0.15, 0.2) is 5.82 Å². The third-order valence-corrected chi connectivity index (χ3v) is 1.75. The van der Waals surface area contributed by atoms with Crippen LogP contribution in [0.4, 0.5) is 11.5 Å². The van der Waals surface area contributed by atoms with Crippen molar-refractivity contribution in [3.05, 3.63) is 17.8 Å². The first-order valence-electron chi connectivity index (χ1n) is 3.75. The Morgan fingerprint density at radius 3 is 3.09 bits per heavy atom. The first kappa shape index (κ1) is 6.46. The van der Waals surface area contributed by atoms with Gasteiger partial charge in [0.1, 0.15) is 0 Å². The maximum Gasteiger partial charge on any atom is 0.151 e. The minimum atomic E-state index is 0.305. The number of nitrogens with zero attached hydrogens (tertiary/aromatic N) is 1. The van der Waals surface area contributed by atoms with E-state index in [9.17, 15) is 0 Å². The average Bonchev–Trinajstić information content (AvgIpc) is 2.27. The number of aryl methyl sites for hydroxylation is 1. The molecule has 1 aliphatic heterocycles. The van der Waals surface area contributed by atoms with E-state index in [4.69, 9.17) is 0 Å². The standard InChI is InChI=1S/C8H11N3/c1-5-3-7-8(9-4-5)11-6(2)10-7/h3-4,6,10H,1-2H3,(H,9,11). The van der Waals surface area contributed by atoms with E-state index in [2.05, 4.69) is 28.6 Å². The lowest BCUT2D eigenvalue weighted by molar-refractivity contribution is 0.951. The fourth-order valence-corrected chi connectivity index (χ4v) is 1.27. The number of anilines is 2. The number of pyridine rings is 1. The lowest BCUT2D eigenvalue weighted by Crippen LogP contribution is -2.16. The van der Waals surface area contributed by atoms with Gasteiger partial charge in [0.25, 0.3) is 0 Å². The Morgan fingerprint density at radius 1 is 1.45 bits per heavy atom. The second-order valence-electron chi connectivity index (χ2n) is 2.92. The smallest absolute Gasteiger partial charge is 0.151 e. The van der Waals surface area contributed by atoms with Crippen LogP contribution in [-0.2, 0) is 0 Å². The number of hydrogen-bond donors (Lipinski definition) is 2. The van der Waals surface area contributed by atoms with Crippen molar-refractivity contribution in [1.82, 2.24) is 4.98 Å². The summed E-state index contributed by atoms with van der Waals surface area (Å²) in [7, 11) is 0. The third-order valence-electron chi connectivity index (χ3n) is 1.75. The van der Waals surface area contributed by atoms with E-state index in [0.717, 1.165) is 11.5 Å². The lowest BCUT2D eigenvalue weighted by atomic mass is 10.3. The Balaban J connectivity index is 2.43. The summed E-state index contributed by atoms with van der Waals surface area (Å²) in [5.41, 5.74) is 2.30. The predicted molar refractivity (Wildman–Crippen MR) is 45.7 cm³/mol. The van der Waals surface area contributed by atoms with Gasteiger partial charge in [-0.2, -0.15) is 0 Å². The number of aromatic nitrogens is 1. The van der Waals surface area contributed by atoms with Crippen molar-refractivity contribution >= 4 is 11.5 Å². The van der Waals surface area contributed by atoms with Crippen LogP contribution in [0, 0.1) is 6.92 Å². The SMILES string of the molecule is Cc1cnc2c(c1)NC(C)N2. The number of rotatable bonds is 0. The molecule has 0 amide bonds. The molecule has 11 heavy (non-hydrogen) atoms. The molecular weight excluding hydrogens is 138 g/mol. The lowest BCUT2D eigenvalue weighted by Gasteiger charge is -2.01. The van der Waals surface area contributed by atoms with Crippen LogP contribution in [0.1, 0.15) is 12.5 Å². The molecular formula is C8H11N3. The molecule has 3 heteroatoms. The Kier molecular flexibility index (Phi) is 1.24. The van der Waals surface area contributed by atoms with Gasteiger partial charge in [0, 0.05) is 6.20 Å². The molecule has 0 saturated carbocycles. The maximum absolute atomic E-state index is 4.24. The molecule has 3 nitrogen and oxygen atoms in total. The molecule has 0 radical (unpaired) electrons. The van der Waals surface area contributed by atoms with Gasteiger partial charge in [-0.25, -0.2) is 4.98 Å². The summed E-state index contributed by atoms with van der Waals surface area (Å²) >= 11 is 0. The van der Waals surface area contributed by atoms with Crippen LogP contribution in [0.5, 0.6) is 0 Å². The van der Waals surface area contributed by atoms with E-state index >= 15 is 0 Å². The van der Waals surface area contributed by atoms with E-state index in [-0.39, 0.29) is 0 Å². The molecule has 1 aliphatic rings. The van der Waals surface area contributed by atoms with Crippen molar-refractivity contribution in [2.45, 2.75) is 20.0 Å². The van der Waals surface area contributed by atoms with Crippen LogP contribution in [0.25, 0.3) is 0 Å². The van der Waals surface area contributed by atoms with Crippen LogP contribution in [-0.4, -0.2) is 11.1 Å². The van der Waals surface area contributed by atoms with Crippen molar-refractivity contribution in [2.75, 3.05) is 10.6 Å². The molecule has 2 N–H and O–H groups in total. The molecule has 1 aromatic rings. The van der Waals surface area contributed by atoms with E-state index in [1.54, 1.807) is 0 Å². The maximum atomic E-state index is 4.24. The van der Waals surface area contributed by atoms with Crippen molar-refractivity contribution in [1.29, 1.82) is 0 Å². The Bertz CT molecular complexity index is 283. The van der Waals surface area contributed by atoms with Crippen molar-refractivity contribution in [3.8, 4) is 0 Å². The van der Waals surface area contributed by atoms with Crippen LogP contribution in [0.15, 0.2) is 12.3 Å². The molecule has 0 fully saturated rings. The molecule has 1 unspecified atom stereocenters. The van der Waals surface area contributed by atoms with E-state index in [1.165, 1.54) is 5.56 Å². The molecule has 0 spiro atoms. The zero-order valence-corrected chi connectivity index (χ0v) is 6.68. The Labute approximate surface area is 65.8 Å². The molecule has 0 bridgehead atoms. The quantitative estimate of drug-likeness (QED) is 0.588. The van der Waals surface area contributed by atoms with Crippen LogP contribution < -0.4 is 10.6 Å². The Hall–Kier alpha value is -1.25. The Morgan fingerprint density at radius 2 is 2.27 bits per heavy atom. The minimum Gasteiger partial charge on any atom is -0.363 e. The predicted octanol–water partition coefficient (Wildman–Crippen LogP) is 1.57. The first-order valence-corrected chi connectivity index (χ1v) is 3.75. The van der Waals surface area contributed by atoms with Crippen LogP contribution >= 0.6 is 0 Å². The molecule has 58 valence electrons. The zero-order chi connectivity index (χ0) is 7.84. The highest BCUT2D eigenvalue weighted by molar-refractivity contribution is 5.70. The van der Waals surface area contributed by atoms with Crippen molar-refractivity contribution < 1.29 is 0 Å². The summed E-state index contributed by atoms with van der Waals surface area (Å²) in [5, 5.41) is 6.47.